The molecule has 0 unspecified atom stereocenters. The highest BCUT2D eigenvalue weighted by Gasteiger charge is 2.45. The Balaban J connectivity index is 2.30. The van der Waals surface area contributed by atoms with E-state index in [1.165, 1.54) is 26.4 Å². The summed E-state index contributed by atoms with van der Waals surface area (Å²) in [5, 5.41) is 11.9. The van der Waals surface area contributed by atoms with E-state index in [1.54, 1.807) is 0 Å². The molecule has 4 N–H and O–H groups in total. The van der Waals surface area contributed by atoms with E-state index in [0.29, 0.717) is 12.8 Å². The molecule has 0 spiro atoms. The minimum Gasteiger partial charge on any atom is -0.493 e. The number of carboxylic acids is 1. The highest BCUT2D eigenvalue weighted by Crippen LogP contribution is 2.39. The number of aliphatic carboxylic acids is 1. The van der Waals surface area contributed by atoms with Crippen LogP contribution in [0.15, 0.2) is 12.1 Å². The SMILES string of the molecule is COc1cc(C(=O)NC2(C(=O)O)CCC2)cc(OC)c1OCC(N)=O. The first-order valence-corrected chi connectivity index (χ1v) is 7.56. The van der Waals surface area contributed by atoms with Crippen molar-refractivity contribution < 1.29 is 33.7 Å². The van der Waals surface area contributed by atoms with Gasteiger partial charge in [-0.2, -0.15) is 0 Å². The van der Waals surface area contributed by atoms with Gasteiger partial charge in [-0.3, -0.25) is 9.59 Å². The number of hydrogen-bond donors (Lipinski definition) is 3. The molecule has 9 heteroatoms. The maximum atomic E-state index is 12.5. The standard InChI is InChI=1S/C16H20N2O7/c1-23-10-6-9(7-11(24-2)13(10)25-8-12(17)19)14(20)18-16(15(21)22)4-3-5-16/h6-7H,3-5,8H2,1-2H3,(H2,17,19)(H,18,20)(H,21,22). The third-order valence-corrected chi connectivity index (χ3v) is 4.05. The monoisotopic (exact) mass is 352 g/mol. The van der Waals surface area contributed by atoms with Gasteiger partial charge in [0, 0.05) is 5.56 Å². The van der Waals surface area contributed by atoms with Gasteiger partial charge in [0.05, 0.1) is 14.2 Å². The summed E-state index contributed by atoms with van der Waals surface area (Å²) in [5.41, 5.74) is 3.96. The molecule has 0 atom stereocenters. The van der Waals surface area contributed by atoms with Crippen LogP contribution in [-0.2, 0) is 9.59 Å². The van der Waals surface area contributed by atoms with Gasteiger partial charge in [-0.25, -0.2) is 4.79 Å². The summed E-state index contributed by atoms with van der Waals surface area (Å²) < 4.78 is 15.6. The summed E-state index contributed by atoms with van der Waals surface area (Å²) in [5.74, 6) is -1.88. The Morgan fingerprint density at radius 1 is 1.20 bits per heavy atom. The number of carboxylic acid groups (broad SMARTS) is 1. The molecule has 0 aromatic heterocycles. The Morgan fingerprint density at radius 2 is 1.76 bits per heavy atom. The molecule has 1 saturated carbocycles. The summed E-state index contributed by atoms with van der Waals surface area (Å²) in [7, 11) is 2.72. The van der Waals surface area contributed by atoms with E-state index in [9.17, 15) is 19.5 Å². The molecule has 136 valence electrons. The highest BCUT2D eigenvalue weighted by molar-refractivity contribution is 5.99. The van der Waals surface area contributed by atoms with Gasteiger partial charge in [-0.1, -0.05) is 0 Å². The van der Waals surface area contributed by atoms with Crippen LogP contribution in [0, 0.1) is 0 Å². The van der Waals surface area contributed by atoms with E-state index in [4.69, 9.17) is 19.9 Å². The largest absolute Gasteiger partial charge is 0.493 e. The van der Waals surface area contributed by atoms with Gasteiger partial charge in [0.2, 0.25) is 5.75 Å². The van der Waals surface area contributed by atoms with Crippen molar-refractivity contribution in [2.24, 2.45) is 5.73 Å². The number of amides is 2. The Morgan fingerprint density at radius 3 is 2.12 bits per heavy atom. The average Bonchev–Trinajstić information content (AvgIpc) is 2.54. The summed E-state index contributed by atoms with van der Waals surface area (Å²) in [6.45, 7) is -0.389. The van der Waals surface area contributed by atoms with Crippen LogP contribution in [-0.4, -0.2) is 49.3 Å². The lowest BCUT2D eigenvalue weighted by atomic mass is 9.76. The minimum absolute atomic E-state index is 0.122. The lowest BCUT2D eigenvalue weighted by Crippen LogP contribution is -2.59. The predicted octanol–water partition coefficient (Wildman–Crippen LogP) is 0.305. The first kappa shape index (κ1) is 18.4. The van der Waals surface area contributed by atoms with E-state index in [0.717, 1.165) is 6.42 Å². The van der Waals surface area contributed by atoms with Crippen molar-refractivity contribution in [3.05, 3.63) is 17.7 Å². The van der Waals surface area contributed by atoms with E-state index in [2.05, 4.69) is 5.32 Å². The Hall–Kier alpha value is -2.97. The van der Waals surface area contributed by atoms with Crippen LogP contribution < -0.4 is 25.3 Å². The fourth-order valence-electron chi connectivity index (χ4n) is 2.51. The van der Waals surface area contributed by atoms with Gasteiger partial charge in [-0.15, -0.1) is 0 Å². The maximum Gasteiger partial charge on any atom is 0.329 e. The van der Waals surface area contributed by atoms with E-state index in [1.807, 2.05) is 0 Å². The summed E-state index contributed by atoms with van der Waals surface area (Å²) >= 11 is 0. The second-order valence-electron chi connectivity index (χ2n) is 5.66. The number of methoxy groups -OCH3 is 2. The Kier molecular flexibility index (Phi) is 5.35. The number of primary amides is 1. The van der Waals surface area contributed by atoms with E-state index in [-0.39, 0.29) is 29.4 Å². The lowest BCUT2D eigenvalue weighted by molar-refractivity contribution is -0.148. The number of nitrogens with two attached hydrogens (primary N) is 1. The van der Waals surface area contributed by atoms with Crippen LogP contribution in [0.25, 0.3) is 0 Å². The number of rotatable bonds is 8. The molecule has 0 heterocycles. The second kappa shape index (κ2) is 7.29. The molecule has 0 aliphatic heterocycles. The average molecular weight is 352 g/mol. The zero-order valence-corrected chi connectivity index (χ0v) is 14.0. The van der Waals surface area contributed by atoms with Gasteiger partial charge in [0.15, 0.2) is 18.1 Å². The Labute approximate surface area is 144 Å². The van der Waals surface area contributed by atoms with Crippen LogP contribution in [0.4, 0.5) is 0 Å². The molecule has 0 saturated heterocycles. The highest BCUT2D eigenvalue weighted by atomic mass is 16.5. The van der Waals surface area contributed by atoms with Crippen molar-refractivity contribution in [2.75, 3.05) is 20.8 Å². The number of carbonyl (C=O) groups is 3. The predicted molar refractivity (Wildman–Crippen MR) is 85.9 cm³/mol. The molecule has 25 heavy (non-hydrogen) atoms. The number of benzene rings is 1. The molecular weight excluding hydrogens is 332 g/mol. The summed E-state index contributed by atoms with van der Waals surface area (Å²) in [6, 6.07) is 2.75. The molecule has 2 rings (SSSR count). The first-order valence-electron chi connectivity index (χ1n) is 7.56. The quantitative estimate of drug-likeness (QED) is 0.612. The molecule has 1 aliphatic rings. The molecule has 2 amide bonds. The van der Waals surface area contributed by atoms with Crippen molar-refractivity contribution >= 4 is 17.8 Å². The molecule has 1 aromatic rings. The molecule has 1 fully saturated rings. The molecular formula is C16H20N2O7. The number of carbonyl (C=O) groups excluding carboxylic acids is 2. The van der Waals surface area contributed by atoms with Gasteiger partial charge < -0.3 is 30.4 Å². The topological polar surface area (TPSA) is 137 Å². The normalized spacial score (nSPS) is 14.8. The zero-order valence-electron chi connectivity index (χ0n) is 14.0. The van der Waals surface area contributed by atoms with Crippen LogP contribution in [0.1, 0.15) is 29.6 Å². The fraction of sp³-hybridized carbons (Fsp3) is 0.438. The van der Waals surface area contributed by atoms with Crippen molar-refractivity contribution in [3.63, 3.8) is 0 Å². The van der Waals surface area contributed by atoms with E-state index < -0.39 is 23.3 Å². The second-order valence-corrected chi connectivity index (χ2v) is 5.66. The lowest BCUT2D eigenvalue weighted by Gasteiger charge is -2.38. The fourth-order valence-corrected chi connectivity index (χ4v) is 2.51. The molecule has 1 aliphatic carbocycles. The summed E-state index contributed by atoms with van der Waals surface area (Å²) in [4.78, 5) is 34.8. The van der Waals surface area contributed by atoms with Gasteiger partial charge in [-0.05, 0) is 31.4 Å². The number of hydrogen-bond acceptors (Lipinski definition) is 6. The number of nitrogens with one attached hydrogen (secondary N) is 1. The van der Waals surface area contributed by atoms with Crippen molar-refractivity contribution in [3.8, 4) is 17.2 Å². The van der Waals surface area contributed by atoms with Gasteiger partial charge in [0.25, 0.3) is 11.8 Å². The number of ether oxygens (including phenoxy) is 3. The smallest absolute Gasteiger partial charge is 0.329 e. The van der Waals surface area contributed by atoms with Crippen LogP contribution in [0.3, 0.4) is 0 Å². The molecule has 1 aromatic carbocycles. The van der Waals surface area contributed by atoms with Crippen LogP contribution >= 0.6 is 0 Å². The van der Waals surface area contributed by atoms with Crippen molar-refractivity contribution in [1.82, 2.24) is 5.32 Å². The van der Waals surface area contributed by atoms with Crippen LogP contribution in [0.5, 0.6) is 17.2 Å². The third kappa shape index (κ3) is 3.76. The third-order valence-electron chi connectivity index (χ3n) is 4.05. The summed E-state index contributed by atoms with van der Waals surface area (Å²) in [6.07, 6.45) is 1.49. The maximum absolute atomic E-state index is 12.5. The molecule has 0 bridgehead atoms. The zero-order chi connectivity index (χ0) is 18.6. The van der Waals surface area contributed by atoms with Gasteiger partial charge in [0.1, 0.15) is 5.54 Å². The van der Waals surface area contributed by atoms with Gasteiger partial charge >= 0.3 is 5.97 Å². The van der Waals surface area contributed by atoms with Crippen molar-refractivity contribution in [1.29, 1.82) is 0 Å². The molecule has 9 nitrogen and oxygen atoms in total. The van der Waals surface area contributed by atoms with Crippen molar-refractivity contribution in [2.45, 2.75) is 24.8 Å². The molecule has 0 radical (unpaired) electrons. The van der Waals surface area contributed by atoms with Crippen LogP contribution in [0.2, 0.25) is 0 Å². The first-order chi connectivity index (χ1) is 11.8. The Bertz CT molecular complexity index is 673. The minimum atomic E-state index is -1.24. The van der Waals surface area contributed by atoms with E-state index >= 15 is 0 Å².